The topological polar surface area (TPSA) is 20.2 Å². The maximum atomic E-state index is 10.1. The fourth-order valence-corrected chi connectivity index (χ4v) is 1.88. The van der Waals surface area contributed by atoms with Gasteiger partial charge in [-0.05, 0) is 17.9 Å². The SMILES string of the molecule is CCCC(CC)C(O)c1ccccc1. The van der Waals surface area contributed by atoms with E-state index in [1.807, 2.05) is 30.3 Å². The smallest absolute Gasteiger partial charge is 0.0818 e. The molecular weight excluding hydrogens is 172 g/mol. The molecule has 0 fully saturated rings. The summed E-state index contributed by atoms with van der Waals surface area (Å²) in [6.07, 6.45) is 3.00. The Morgan fingerprint density at radius 3 is 2.29 bits per heavy atom. The van der Waals surface area contributed by atoms with Crippen LogP contribution in [0.15, 0.2) is 30.3 Å². The van der Waals surface area contributed by atoms with Gasteiger partial charge in [0.15, 0.2) is 0 Å². The van der Waals surface area contributed by atoms with Crippen molar-refractivity contribution in [2.75, 3.05) is 0 Å². The van der Waals surface area contributed by atoms with E-state index in [2.05, 4.69) is 13.8 Å². The first-order chi connectivity index (χ1) is 6.79. The minimum atomic E-state index is -0.291. The van der Waals surface area contributed by atoms with Crippen molar-refractivity contribution in [2.45, 2.75) is 39.2 Å². The predicted molar refractivity (Wildman–Crippen MR) is 60.1 cm³/mol. The highest BCUT2D eigenvalue weighted by molar-refractivity contribution is 5.17. The van der Waals surface area contributed by atoms with E-state index in [1.165, 1.54) is 0 Å². The third-order valence-corrected chi connectivity index (χ3v) is 2.77. The molecule has 1 heteroatoms. The second-order valence-corrected chi connectivity index (χ2v) is 3.81. The van der Waals surface area contributed by atoms with Crippen LogP contribution in [-0.2, 0) is 0 Å². The molecule has 0 heterocycles. The Kier molecular flexibility index (Phi) is 4.68. The first-order valence-corrected chi connectivity index (χ1v) is 5.52. The van der Waals surface area contributed by atoms with Crippen LogP contribution in [0.25, 0.3) is 0 Å². The summed E-state index contributed by atoms with van der Waals surface area (Å²) in [5.41, 5.74) is 1.05. The zero-order valence-electron chi connectivity index (χ0n) is 9.11. The minimum absolute atomic E-state index is 0.291. The van der Waals surface area contributed by atoms with Gasteiger partial charge >= 0.3 is 0 Å². The lowest BCUT2D eigenvalue weighted by molar-refractivity contribution is 0.0998. The Morgan fingerprint density at radius 1 is 1.14 bits per heavy atom. The van der Waals surface area contributed by atoms with Gasteiger partial charge in [0.1, 0.15) is 0 Å². The summed E-state index contributed by atoms with van der Waals surface area (Å²) in [5, 5.41) is 10.1. The Hall–Kier alpha value is -0.820. The summed E-state index contributed by atoms with van der Waals surface area (Å²) >= 11 is 0. The number of aliphatic hydroxyl groups excluding tert-OH is 1. The maximum absolute atomic E-state index is 10.1. The monoisotopic (exact) mass is 192 g/mol. The van der Waals surface area contributed by atoms with Gasteiger partial charge in [-0.15, -0.1) is 0 Å². The van der Waals surface area contributed by atoms with Gasteiger partial charge in [0.05, 0.1) is 6.10 Å². The lowest BCUT2D eigenvalue weighted by Crippen LogP contribution is -2.11. The van der Waals surface area contributed by atoms with Crippen LogP contribution in [0.4, 0.5) is 0 Å². The molecule has 1 nitrogen and oxygen atoms in total. The van der Waals surface area contributed by atoms with Crippen LogP contribution in [0.1, 0.15) is 44.8 Å². The molecule has 0 aliphatic carbocycles. The number of aliphatic hydroxyl groups is 1. The Balaban J connectivity index is 2.67. The van der Waals surface area contributed by atoms with Gasteiger partial charge in [0, 0.05) is 0 Å². The average Bonchev–Trinajstić information content (AvgIpc) is 2.26. The van der Waals surface area contributed by atoms with E-state index in [4.69, 9.17) is 0 Å². The fraction of sp³-hybridized carbons (Fsp3) is 0.538. The van der Waals surface area contributed by atoms with Crippen molar-refractivity contribution in [3.05, 3.63) is 35.9 Å². The van der Waals surface area contributed by atoms with Gasteiger partial charge in [-0.1, -0.05) is 57.0 Å². The van der Waals surface area contributed by atoms with Crippen LogP contribution < -0.4 is 0 Å². The first-order valence-electron chi connectivity index (χ1n) is 5.52. The van der Waals surface area contributed by atoms with Gasteiger partial charge < -0.3 is 5.11 Å². The summed E-state index contributed by atoms with van der Waals surface area (Å²) in [5.74, 6) is 0.405. The van der Waals surface area contributed by atoms with Crippen molar-refractivity contribution >= 4 is 0 Å². The molecule has 0 saturated carbocycles. The zero-order valence-corrected chi connectivity index (χ0v) is 9.11. The van der Waals surface area contributed by atoms with E-state index in [1.54, 1.807) is 0 Å². The first kappa shape index (κ1) is 11.3. The second kappa shape index (κ2) is 5.82. The molecular formula is C13H20O. The molecule has 1 N–H and O–H groups in total. The molecule has 2 unspecified atom stereocenters. The highest BCUT2D eigenvalue weighted by atomic mass is 16.3. The molecule has 78 valence electrons. The molecule has 0 saturated heterocycles. The molecule has 0 amide bonds. The molecule has 2 atom stereocenters. The van der Waals surface area contributed by atoms with E-state index in [0.717, 1.165) is 24.8 Å². The second-order valence-electron chi connectivity index (χ2n) is 3.81. The van der Waals surface area contributed by atoms with E-state index < -0.39 is 0 Å². The molecule has 0 aliphatic heterocycles. The quantitative estimate of drug-likeness (QED) is 0.756. The normalized spacial score (nSPS) is 15.1. The van der Waals surface area contributed by atoms with E-state index in [0.29, 0.717) is 5.92 Å². The Labute approximate surface area is 86.8 Å². The van der Waals surface area contributed by atoms with Gasteiger partial charge in [0.2, 0.25) is 0 Å². The van der Waals surface area contributed by atoms with Crippen LogP contribution in [0.3, 0.4) is 0 Å². The highest BCUT2D eigenvalue weighted by Gasteiger charge is 2.17. The van der Waals surface area contributed by atoms with Crippen LogP contribution in [0.2, 0.25) is 0 Å². The Morgan fingerprint density at radius 2 is 1.79 bits per heavy atom. The number of benzene rings is 1. The fourth-order valence-electron chi connectivity index (χ4n) is 1.88. The third-order valence-electron chi connectivity index (χ3n) is 2.77. The Bertz CT molecular complexity index is 243. The molecule has 1 aromatic carbocycles. The van der Waals surface area contributed by atoms with E-state index in [-0.39, 0.29) is 6.10 Å². The molecule has 0 spiro atoms. The van der Waals surface area contributed by atoms with Gasteiger partial charge in [-0.3, -0.25) is 0 Å². The van der Waals surface area contributed by atoms with Gasteiger partial charge in [-0.2, -0.15) is 0 Å². The summed E-state index contributed by atoms with van der Waals surface area (Å²) in [6.45, 7) is 4.31. The summed E-state index contributed by atoms with van der Waals surface area (Å²) in [6, 6.07) is 9.96. The van der Waals surface area contributed by atoms with Crippen LogP contribution in [-0.4, -0.2) is 5.11 Å². The van der Waals surface area contributed by atoms with Gasteiger partial charge in [-0.25, -0.2) is 0 Å². The van der Waals surface area contributed by atoms with Crippen molar-refractivity contribution in [1.29, 1.82) is 0 Å². The molecule has 0 aromatic heterocycles. The molecule has 1 rings (SSSR count). The number of rotatable bonds is 5. The van der Waals surface area contributed by atoms with Crippen LogP contribution in [0, 0.1) is 5.92 Å². The lowest BCUT2D eigenvalue weighted by atomic mass is 9.90. The van der Waals surface area contributed by atoms with Crippen molar-refractivity contribution in [2.24, 2.45) is 5.92 Å². The molecule has 1 aromatic rings. The summed E-state index contributed by atoms with van der Waals surface area (Å²) in [7, 11) is 0. The molecule has 0 bridgehead atoms. The van der Waals surface area contributed by atoms with Gasteiger partial charge in [0.25, 0.3) is 0 Å². The lowest BCUT2D eigenvalue weighted by Gasteiger charge is -2.21. The van der Waals surface area contributed by atoms with E-state index in [9.17, 15) is 5.11 Å². The maximum Gasteiger partial charge on any atom is 0.0818 e. The summed E-state index contributed by atoms with van der Waals surface area (Å²) < 4.78 is 0. The summed E-state index contributed by atoms with van der Waals surface area (Å²) in [4.78, 5) is 0. The van der Waals surface area contributed by atoms with Crippen molar-refractivity contribution in [1.82, 2.24) is 0 Å². The molecule has 0 radical (unpaired) electrons. The minimum Gasteiger partial charge on any atom is -0.388 e. The van der Waals surface area contributed by atoms with Crippen LogP contribution in [0.5, 0.6) is 0 Å². The van der Waals surface area contributed by atoms with Crippen molar-refractivity contribution in [3.8, 4) is 0 Å². The predicted octanol–water partition coefficient (Wildman–Crippen LogP) is 3.55. The zero-order chi connectivity index (χ0) is 10.4. The standard InChI is InChI=1S/C13H20O/c1-3-8-11(4-2)13(14)12-9-6-5-7-10-12/h5-7,9-11,13-14H,3-4,8H2,1-2H3. The molecule has 0 aliphatic rings. The molecule has 14 heavy (non-hydrogen) atoms. The number of hydrogen-bond acceptors (Lipinski definition) is 1. The van der Waals surface area contributed by atoms with Crippen molar-refractivity contribution in [3.63, 3.8) is 0 Å². The van der Waals surface area contributed by atoms with Crippen molar-refractivity contribution < 1.29 is 5.11 Å². The largest absolute Gasteiger partial charge is 0.388 e. The highest BCUT2D eigenvalue weighted by Crippen LogP contribution is 2.27. The van der Waals surface area contributed by atoms with E-state index >= 15 is 0 Å². The average molecular weight is 192 g/mol. The number of hydrogen-bond donors (Lipinski definition) is 1. The van der Waals surface area contributed by atoms with Crippen LogP contribution >= 0.6 is 0 Å². The third kappa shape index (κ3) is 2.85.